The van der Waals surface area contributed by atoms with E-state index in [1.165, 1.54) is 0 Å². The van der Waals surface area contributed by atoms with Gasteiger partial charge in [0.1, 0.15) is 6.17 Å². The number of nitrogens with one attached hydrogen (secondary N) is 1. The summed E-state index contributed by atoms with van der Waals surface area (Å²) in [5.74, 6) is 0.644. The number of anilines is 1. The number of aliphatic hydroxyl groups excluding tert-OH is 1. The number of alkyl halides is 1. The van der Waals surface area contributed by atoms with Crippen molar-refractivity contribution in [3.05, 3.63) is 24.3 Å². The van der Waals surface area contributed by atoms with E-state index in [9.17, 15) is 9.50 Å². The maximum Gasteiger partial charge on any atom is 0.204 e. The van der Waals surface area contributed by atoms with Crippen molar-refractivity contribution in [2.24, 2.45) is 0 Å². The third-order valence-electron chi connectivity index (χ3n) is 3.22. The number of para-hydroxylation sites is 2. The van der Waals surface area contributed by atoms with E-state index in [2.05, 4.69) is 9.97 Å². The Balaban J connectivity index is 1.97. The van der Waals surface area contributed by atoms with Gasteiger partial charge in [0.2, 0.25) is 5.95 Å². The number of aromatic nitrogens is 2. The van der Waals surface area contributed by atoms with Crippen LogP contribution in [0.2, 0.25) is 0 Å². The summed E-state index contributed by atoms with van der Waals surface area (Å²) in [7, 11) is 0. The number of rotatable bonds is 2. The number of H-pyrrole nitrogens is 1. The van der Waals surface area contributed by atoms with E-state index in [1.807, 2.05) is 29.2 Å². The first-order valence-corrected chi connectivity index (χ1v) is 5.74. The van der Waals surface area contributed by atoms with E-state index in [4.69, 9.17) is 0 Å². The number of nitrogens with zero attached hydrogens (tertiary/aromatic N) is 2. The van der Waals surface area contributed by atoms with Gasteiger partial charge in [-0.25, -0.2) is 9.37 Å². The molecule has 1 fully saturated rings. The Kier molecular flexibility index (Phi) is 2.48. The minimum Gasteiger partial charge on any atom is -0.394 e. The molecule has 2 aromatic rings. The van der Waals surface area contributed by atoms with Crippen molar-refractivity contribution in [2.75, 3.05) is 18.1 Å². The van der Waals surface area contributed by atoms with Crippen LogP contribution < -0.4 is 4.90 Å². The summed E-state index contributed by atoms with van der Waals surface area (Å²) in [6.07, 6.45) is -0.520. The summed E-state index contributed by atoms with van der Waals surface area (Å²) in [5.41, 5.74) is 1.79. The van der Waals surface area contributed by atoms with Gasteiger partial charge >= 0.3 is 0 Å². The molecule has 1 aromatic carbocycles. The number of fused-ring (bicyclic) bond motifs is 1. The lowest BCUT2D eigenvalue weighted by molar-refractivity contribution is 0.255. The number of benzene rings is 1. The first-order chi connectivity index (χ1) is 8.28. The molecule has 0 amide bonds. The van der Waals surface area contributed by atoms with Crippen LogP contribution in [-0.4, -0.2) is 40.4 Å². The van der Waals surface area contributed by atoms with Gasteiger partial charge in [0, 0.05) is 6.42 Å². The largest absolute Gasteiger partial charge is 0.394 e. The summed E-state index contributed by atoms with van der Waals surface area (Å²) in [6.45, 7) is 0.252. The zero-order valence-electron chi connectivity index (χ0n) is 9.31. The van der Waals surface area contributed by atoms with Crippen LogP contribution in [0.15, 0.2) is 24.3 Å². The second-order valence-electron chi connectivity index (χ2n) is 4.40. The average molecular weight is 235 g/mol. The molecule has 1 saturated heterocycles. The van der Waals surface area contributed by atoms with Gasteiger partial charge in [-0.05, 0) is 12.1 Å². The molecular formula is C12H14FN3O. The van der Waals surface area contributed by atoms with Crippen molar-refractivity contribution in [2.45, 2.75) is 18.6 Å². The number of hydrogen-bond donors (Lipinski definition) is 2. The van der Waals surface area contributed by atoms with Crippen LogP contribution in [0, 0.1) is 0 Å². The highest BCUT2D eigenvalue weighted by molar-refractivity contribution is 5.77. The lowest BCUT2D eigenvalue weighted by atomic mass is 10.2. The second kappa shape index (κ2) is 4.00. The summed E-state index contributed by atoms with van der Waals surface area (Å²) in [6, 6.07) is 7.51. The van der Waals surface area contributed by atoms with Gasteiger partial charge in [-0.3, -0.25) is 0 Å². The molecule has 0 bridgehead atoms. The quantitative estimate of drug-likeness (QED) is 0.828. The molecule has 4 nitrogen and oxygen atoms in total. The third kappa shape index (κ3) is 1.76. The Morgan fingerprint density at radius 1 is 1.47 bits per heavy atom. The second-order valence-corrected chi connectivity index (χ2v) is 4.40. The molecule has 1 aliphatic heterocycles. The molecule has 2 heterocycles. The van der Waals surface area contributed by atoms with Crippen molar-refractivity contribution >= 4 is 17.0 Å². The number of halogens is 1. The molecule has 1 aliphatic rings. The molecule has 0 aliphatic carbocycles. The van der Waals surface area contributed by atoms with E-state index in [0.717, 1.165) is 11.0 Å². The van der Waals surface area contributed by atoms with Crippen LogP contribution in [0.1, 0.15) is 6.42 Å². The minimum atomic E-state index is -0.889. The fraction of sp³-hybridized carbons (Fsp3) is 0.417. The van der Waals surface area contributed by atoms with Crippen LogP contribution >= 0.6 is 0 Å². The molecule has 0 radical (unpaired) electrons. The van der Waals surface area contributed by atoms with Crippen LogP contribution in [0.4, 0.5) is 10.3 Å². The molecule has 1 aromatic heterocycles. The molecular weight excluding hydrogens is 221 g/mol. The van der Waals surface area contributed by atoms with E-state index < -0.39 is 6.17 Å². The lowest BCUT2D eigenvalue weighted by Crippen LogP contribution is -2.33. The zero-order chi connectivity index (χ0) is 11.8. The predicted octanol–water partition coefficient (Wildman–Crippen LogP) is 1.47. The predicted molar refractivity (Wildman–Crippen MR) is 63.8 cm³/mol. The van der Waals surface area contributed by atoms with Gasteiger partial charge in [0.05, 0.1) is 30.2 Å². The van der Waals surface area contributed by atoms with Gasteiger partial charge < -0.3 is 15.0 Å². The van der Waals surface area contributed by atoms with Gasteiger partial charge in [-0.15, -0.1) is 0 Å². The minimum absolute atomic E-state index is 0.0442. The molecule has 3 rings (SSSR count). The summed E-state index contributed by atoms with van der Waals surface area (Å²) < 4.78 is 13.4. The highest BCUT2D eigenvalue weighted by atomic mass is 19.1. The molecule has 0 unspecified atom stereocenters. The molecule has 17 heavy (non-hydrogen) atoms. The fourth-order valence-electron chi connectivity index (χ4n) is 2.37. The first kappa shape index (κ1) is 10.5. The Morgan fingerprint density at radius 3 is 3.06 bits per heavy atom. The Labute approximate surface area is 98.1 Å². The molecule has 2 atom stereocenters. The van der Waals surface area contributed by atoms with Crippen LogP contribution in [-0.2, 0) is 0 Å². The highest BCUT2D eigenvalue weighted by Crippen LogP contribution is 2.26. The van der Waals surface area contributed by atoms with Crippen LogP contribution in [0.3, 0.4) is 0 Å². The smallest absolute Gasteiger partial charge is 0.204 e. The highest BCUT2D eigenvalue weighted by Gasteiger charge is 2.33. The van der Waals surface area contributed by atoms with E-state index in [1.54, 1.807) is 0 Å². The standard InChI is InChI=1S/C12H14FN3O/c13-8-5-9(7-17)16(6-8)12-14-10-3-1-2-4-11(10)15-12/h1-4,8-9,17H,5-7H2,(H,14,15)/t8-,9-/m0/s1. The topological polar surface area (TPSA) is 52.1 Å². The Bertz CT molecular complexity index is 494. The van der Waals surface area contributed by atoms with Gasteiger partial charge in [0.25, 0.3) is 0 Å². The number of aliphatic hydroxyl groups is 1. The van der Waals surface area contributed by atoms with Crippen molar-refractivity contribution < 1.29 is 9.50 Å². The van der Waals surface area contributed by atoms with Gasteiger partial charge in [-0.1, -0.05) is 12.1 Å². The SMILES string of the molecule is OC[C@@H]1C[C@H](F)CN1c1nc2ccccc2[nH]1. The Morgan fingerprint density at radius 2 is 2.29 bits per heavy atom. The zero-order valence-corrected chi connectivity index (χ0v) is 9.31. The lowest BCUT2D eigenvalue weighted by Gasteiger charge is -2.21. The number of hydrogen-bond acceptors (Lipinski definition) is 3. The van der Waals surface area contributed by atoms with Crippen molar-refractivity contribution in [3.8, 4) is 0 Å². The maximum atomic E-state index is 13.4. The van der Waals surface area contributed by atoms with E-state index in [0.29, 0.717) is 18.9 Å². The normalized spacial score (nSPS) is 24.7. The maximum absolute atomic E-state index is 13.4. The average Bonchev–Trinajstić information content (AvgIpc) is 2.91. The summed E-state index contributed by atoms with van der Waals surface area (Å²) in [4.78, 5) is 9.39. The first-order valence-electron chi connectivity index (χ1n) is 5.74. The summed E-state index contributed by atoms with van der Waals surface area (Å²) in [5, 5.41) is 9.24. The van der Waals surface area contributed by atoms with Crippen molar-refractivity contribution in [3.63, 3.8) is 0 Å². The molecule has 0 spiro atoms. The van der Waals surface area contributed by atoms with Gasteiger partial charge in [-0.2, -0.15) is 0 Å². The van der Waals surface area contributed by atoms with Crippen molar-refractivity contribution in [1.29, 1.82) is 0 Å². The fourth-order valence-corrected chi connectivity index (χ4v) is 2.37. The number of imidazole rings is 1. The molecule has 5 heteroatoms. The monoisotopic (exact) mass is 235 g/mol. The van der Waals surface area contributed by atoms with Gasteiger partial charge in [0.15, 0.2) is 0 Å². The van der Waals surface area contributed by atoms with Crippen molar-refractivity contribution in [1.82, 2.24) is 9.97 Å². The Hall–Kier alpha value is -1.62. The summed E-state index contributed by atoms with van der Waals surface area (Å²) >= 11 is 0. The third-order valence-corrected chi connectivity index (χ3v) is 3.22. The van der Waals surface area contributed by atoms with Crippen LogP contribution in [0.5, 0.6) is 0 Å². The van der Waals surface area contributed by atoms with E-state index in [-0.39, 0.29) is 12.6 Å². The number of aromatic amines is 1. The van der Waals surface area contributed by atoms with E-state index >= 15 is 0 Å². The molecule has 2 N–H and O–H groups in total. The van der Waals surface area contributed by atoms with Crippen LogP contribution in [0.25, 0.3) is 11.0 Å². The molecule has 0 saturated carbocycles. The molecule has 90 valence electrons.